The Bertz CT molecular complexity index is 797. The normalized spacial score (nSPS) is 11.8. The van der Waals surface area contributed by atoms with E-state index >= 15 is 0 Å². The van der Waals surface area contributed by atoms with Gasteiger partial charge in [0.15, 0.2) is 6.61 Å². The minimum Gasteiger partial charge on any atom is -0.484 e. The van der Waals surface area contributed by atoms with Crippen LogP contribution in [0.2, 0.25) is 0 Å². The summed E-state index contributed by atoms with van der Waals surface area (Å²) >= 11 is 0. The molecule has 0 bridgehead atoms. The molecule has 0 atom stereocenters. The third-order valence-electron chi connectivity index (χ3n) is 3.53. The molecule has 2 aromatic carbocycles. The van der Waals surface area contributed by atoms with Crippen LogP contribution in [0.3, 0.4) is 0 Å². The molecular weight excluding hydrogens is 319 g/mol. The molecule has 0 aliphatic rings. The van der Waals surface area contributed by atoms with E-state index in [1.807, 2.05) is 18.2 Å². The van der Waals surface area contributed by atoms with Crippen molar-refractivity contribution in [2.24, 2.45) is 0 Å². The third kappa shape index (κ3) is 4.26. The number of para-hydroxylation sites is 1. The zero-order valence-electron chi connectivity index (χ0n) is 12.7. The molecule has 0 unspecified atom stereocenters. The number of H-pyrrole nitrogens is 1. The highest BCUT2D eigenvalue weighted by Gasteiger charge is 2.28. The highest BCUT2D eigenvalue weighted by atomic mass is 19.4. The van der Waals surface area contributed by atoms with Crippen LogP contribution in [0.1, 0.15) is 11.1 Å². The van der Waals surface area contributed by atoms with E-state index in [0.29, 0.717) is 13.1 Å². The van der Waals surface area contributed by atoms with Crippen molar-refractivity contribution in [2.45, 2.75) is 19.3 Å². The van der Waals surface area contributed by atoms with Gasteiger partial charge in [-0.15, -0.1) is 0 Å². The molecule has 0 aliphatic heterocycles. The van der Waals surface area contributed by atoms with Crippen molar-refractivity contribution in [3.8, 4) is 5.75 Å². The average Bonchev–Trinajstić information content (AvgIpc) is 3.03. The average molecular weight is 335 g/mol. The van der Waals surface area contributed by atoms with Gasteiger partial charge in [-0.2, -0.15) is 18.3 Å². The van der Waals surface area contributed by atoms with Gasteiger partial charge in [0.1, 0.15) is 5.75 Å². The first-order valence-corrected chi connectivity index (χ1v) is 7.41. The first-order chi connectivity index (χ1) is 11.5. The highest BCUT2D eigenvalue weighted by Crippen LogP contribution is 2.19. The summed E-state index contributed by atoms with van der Waals surface area (Å²) in [5.41, 5.74) is 3.07. The Labute approximate surface area is 136 Å². The van der Waals surface area contributed by atoms with Gasteiger partial charge in [-0.3, -0.25) is 5.10 Å². The minimum absolute atomic E-state index is 0.207. The molecule has 3 rings (SSSR count). The molecule has 3 aromatic rings. The quantitative estimate of drug-likeness (QED) is 0.720. The van der Waals surface area contributed by atoms with Gasteiger partial charge in [0.05, 0.1) is 11.7 Å². The molecule has 0 radical (unpaired) electrons. The zero-order chi connectivity index (χ0) is 17.0. The number of nitrogens with zero attached hydrogens (tertiary/aromatic N) is 1. The number of ether oxygens (including phenoxy) is 1. The summed E-state index contributed by atoms with van der Waals surface area (Å²) < 4.78 is 41.0. The lowest BCUT2D eigenvalue weighted by atomic mass is 10.1. The second kappa shape index (κ2) is 6.92. The number of halogens is 3. The first kappa shape index (κ1) is 16.3. The van der Waals surface area contributed by atoms with Gasteiger partial charge in [0.2, 0.25) is 0 Å². The maximum atomic E-state index is 12.1. The minimum atomic E-state index is -4.33. The van der Waals surface area contributed by atoms with Crippen LogP contribution < -0.4 is 10.1 Å². The predicted molar refractivity (Wildman–Crippen MR) is 84.6 cm³/mol. The Morgan fingerprint density at radius 1 is 1.04 bits per heavy atom. The molecular formula is C17H16F3N3O. The van der Waals surface area contributed by atoms with Crippen molar-refractivity contribution in [3.63, 3.8) is 0 Å². The van der Waals surface area contributed by atoms with E-state index in [2.05, 4.69) is 20.3 Å². The van der Waals surface area contributed by atoms with E-state index in [1.165, 1.54) is 0 Å². The van der Waals surface area contributed by atoms with E-state index < -0.39 is 12.8 Å². The Balaban J connectivity index is 1.53. The van der Waals surface area contributed by atoms with Gasteiger partial charge < -0.3 is 10.1 Å². The highest BCUT2D eigenvalue weighted by molar-refractivity contribution is 5.81. The smallest absolute Gasteiger partial charge is 0.422 e. The number of hydrogen-bond acceptors (Lipinski definition) is 3. The fourth-order valence-corrected chi connectivity index (χ4v) is 2.39. The fraction of sp³-hybridized carbons (Fsp3) is 0.235. The summed E-state index contributed by atoms with van der Waals surface area (Å²) in [6.07, 6.45) is -2.55. The molecule has 24 heavy (non-hydrogen) atoms. The maximum absolute atomic E-state index is 12.1. The summed E-state index contributed by atoms with van der Waals surface area (Å²) in [6.45, 7) is -0.0191. The van der Waals surface area contributed by atoms with Crippen LogP contribution in [0.5, 0.6) is 5.75 Å². The SMILES string of the molecule is FC(F)(F)COc1ccc(CNCc2cccc3cn[nH]c23)cc1. The number of aromatic nitrogens is 2. The lowest BCUT2D eigenvalue weighted by Crippen LogP contribution is -2.19. The topological polar surface area (TPSA) is 49.9 Å². The van der Waals surface area contributed by atoms with E-state index in [0.717, 1.165) is 22.0 Å². The lowest BCUT2D eigenvalue weighted by molar-refractivity contribution is -0.153. The van der Waals surface area contributed by atoms with Crippen LogP contribution in [0, 0.1) is 0 Å². The maximum Gasteiger partial charge on any atom is 0.422 e. The van der Waals surface area contributed by atoms with E-state index in [9.17, 15) is 13.2 Å². The van der Waals surface area contributed by atoms with Gasteiger partial charge in [-0.05, 0) is 23.3 Å². The molecule has 0 saturated carbocycles. The Morgan fingerprint density at radius 2 is 1.83 bits per heavy atom. The Morgan fingerprint density at radius 3 is 2.58 bits per heavy atom. The van der Waals surface area contributed by atoms with Gasteiger partial charge in [0, 0.05) is 18.5 Å². The number of aromatic amines is 1. The molecule has 0 fully saturated rings. The van der Waals surface area contributed by atoms with Crippen molar-refractivity contribution >= 4 is 10.9 Å². The van der Waals surface area contributed by atoms with Gasteiger partial charge in [0.25, 0.3) is 0 Å². The van der Waals surface area contributed by atoms with E-state index in [-0.39, 0.29) is 5.75 Å². The van der Waals surface area contributed by atoms with Gasteiger partial charge >= 0.3 is 6.18 Å². The second-order valence-electron chi connectivity index (χ2n) is 5.40. The predicted octanol–water partition coefficient (Wildman–Crippen LogP) is 3.79. The van der Waals surface area contributed by atoms with Crippen molar-refractivity contribution in [2.75, 3.05) is 6.61 Å². The van der Waals surface area contributed by atoms with Crippen LogP contribution in [0.4, 0.5) is 13.2 Å². The number of fused-ring (bicyclic) bond motifs is 1. The standard InChI is InChI=1S/C17H16F3N3O/c18-17(19,20)11-24-15-6-4-12(5-7-15)8-21-9-13-2-1-3-14-10-22-23-16(13)14/h1-7,10,21H,8-9,11H2,(H,22,23). The molecule has 126 valence electrons. The zero-order valence-corrected chi connectivity index (χ0v) is 12.7. The molecule has 7 heteroatoms. The first-order valence-electron chi connectivity index (χ1n) is 7.41. The van der Waals surface area contributed by atoms with Crippen molar-refractivity contribution in [1.29, 1.82) is 0 Å². The van der Waals surface area contributed by atoms with Crippen LogP contribution in [0.15, 0.2) is 48.7 Å². The summed E-state index contributed by atoms with van der Waals surface area (Å²) in [7, 11) is 0. The summed E-state index contributed by atoms with van der Waals surface area (Å²) in [4.78, 5) is 0. The monoisotopic (exact) mass is 335 g/mol. The number of rotatable bonds is 6. The van der Waals surface area contributed by atoms with Crippen LogP contribution in [-0.2, 0) is 13.1 Å². The summed E-state index contributed by atoms with van der Waals surface area (Å²) in [5, 5.41) is 11.4. The molecule has 1 aromatic heterocycles. The Hall–Kier alpha value is -2.54. The molecule has 0 spiro atoms. The van der Waals surface area contributed by atoms with Gasteiger partial charge in [-0.25, -0.2) is 0 Å². The largest absolute Gasteiger partial charge is 0.484 e. The number of hydrogen-bond donors (Lipinski definition) is 2. The lowest BCUT2D eigenvalue weighted by Gasteiger charge is -2.10. The molecule has 2 N–H and O–H groups in total. The van der Waals surface area contributed by atoms with Crippen molar-refractivity contribution in [1.82, 2.24) is 15.5 Å². The van der Waals surface area contributed by atoms with Crippen molar-refractivity contribution in [3.05, 3.63) is 59.8 Å². The summed E-state index contributed by atoms with van der Waals surface area (Å²) in [5.74, 6) is 0.207. The Kier molecular flexibility index (Phi) is 4.71. The van der Waals surface area contributed by atoms with E-state index in [4.69, 9.17) is 0 Å². The number of nitrogens with one attached hydrogen (secondary N) is 2. The molecule has 0 aliphatic carbocycles. The van der Waals surface area contributed by atoms with E-state index in [1.54, 1.807) is 30.5 Å². The van der Waals surface area contributed by atoms with Crippen LogP contribution in [-0.4, -0.2) is 23.0 Å². The molecule has 1 heterocycles. The molecule has 0 amide bonds. The number of benzene rings is 2. The van der Waals surface area contributed by atoms with Crippen LogP contribution >= 0.6 is 0 Å². The van der Waals surface area contributed by atoms with Crippen molar-refractivity contribution < 1.29 is 17.9 Å². The fourth-order valence-electron chi connectivity index (χ4n) is 2.39. The third-order valence-corrected chi connectivity index (χ3v) is 3.53. The molecule has 0 saturated heterocycles. The van der Waals surface area contributed by atoms with Gasteiger partial charge in [-0.1, -0.05) is 30.3 Å². The second-order valence-corrected chi connectivity index (χ2v) is 5.40. The number of alkyl halides is 3. The van der Waals surface area contributed by atoms with Crippen LogP contribution in [0.25, 0.3) is 10.9 Å². The molecule has 4 nitrogen and oxygen atoms in total. The summed E-state index contributed by atoms with van der Waals surface area (Å²) in [6, 6.07) is 12.5.